The molecule has 1 heterocycles. The third kappa shape index (κ3) is 8.32. The molecule has 0 aromatic rings. The van der Waals surface area contributed by atoms with Crippen molar-refractivity contribution in [3.05, 3.63) is 0 Å². The van der Waals surface area contributed by atoms with Crippen LogP contribution in [0, 0.1) is 17.8 Å². The molecule has 1 saturated carbocycles. The topological polar surface area (TPSA) is 97.0 Å². The van der Waals surface area contributed by atoms with Crippen LogP contribution < -0.4 is 10.0 Å². The molecule has 2 N–H and O–H groups in total. The minimum atomic E-state index is -3.28. The molecule has 2 aliphatic rings. The van der Waals surface area contributed by atoms with Gasteiger partial charge in [0, 0.05) is 26.7 Å². The van der Waals surface area contributed by atoms with Crippen LogP contribution >= 0.6 is 0 Å². The third-order valence-electron chi connectivity index (χ3n) is 6.53. The summed E-state index contributed by atoms with van der Waals surface area (Å²) in [5.41, 5.74) is 0. The van der Waals surface area contributed by atoms with E-state index in [0.717, 1.165) is 31.6 Å². The number of rotatable bonds is 10. The fraction of sp³-hybridized carbons (Fsp3) is 0.952. The first-order valence-electron chi connectivity index (χ1n) is 11.3. The molecule has 8 nitrogen and oxygen atoms in total. The predicted octanol–water partition coefficient (Wildman–Crippen LogP) is 2.20. The van der Waals surface area contributed by atoms with Gasteiger partial charge in [-0.2, -0.15) is 0 Å². The van der Waals surface area contributed by atoms with Gasteiger partial charge in [-0.15, -0.1) is 0 Å². The third-order valence-corrected chi connectivity index (χ3v) is 7.22. The second-order valence-corrected chi connectivity index (χ2v) is 11.0. The van der Waals surface area contributed by atoms with Crippen molar-refractivity contribution in [2.75, 3.05) is 46.2 Å². The van der Waals surface area contributed by atoms with Crippen molar-refractivity contribution in [2.24, 2.45) is 17.8 Å². The lowest BCUT2D eigenvalue weighted by molar-refractivity contribution is -0.0316. The Kier molecular flexibility index (Phi) is 10.3. The molecule has 0 aromatic carbocycles. The van der Waals surface area contributed by atoms with E-state index in [9.17, 15) is 13.2 Å². The van der Waals surface area contributed by atoms with Gasteiger partial charge in [-0.1, -0.05) is 13.8 Å². The summed E-state index contributed by atoms with van der Waals surface area (Å²) in [5, 5.41) is 2.90. The van der Waals surface area contributed by atoms with Gasteiger partial charge >= 0.3 is 6.03 Å². The number of urea groups is 1. The quantitative estimate of drug-likeness (QED) is 0.501. The molecule has 1 aliphatic heterocycles. The Balaban J connectivity index is 1.98. The maximum atomic E-state index is 12.8. The van der Waals surface area contributed by atoms with Gasteiger partial charge in [0.1, 0.15) is 0 Å². The Bertz CT molecular complexity index is 620. The largest absolute Gasteiger partial charge is 0.383 e. The van der Waals surface area contributed by atoms with Crippen LogP contribution in [0.15, 0.2) is 0 Å². The number of methoxy groups -OCH3 is 1. The van der Waals surface area contributed by atoms with Crippen molar-refractivity contribution >= 4 is 16.1 Å². The molecule has 0 radical (unpaired) electrons. The molecular formula is C21H41N3O5S. The number of nitrogens with one attached hydrogen (secondary N) is 2. The standard InChI is InChI=1S/C21H41N3O5S/c1-16(2)17-7-9-19(10-8-17)29-15-20-18(14-23-30(4,26)27)6-5-12-24(20)21(25)22-11-13-28-3/h16-20,23H,5-15H2,1-4H3,(H,22,25)/t17-,18-,19+,20+/m1/s1. The molecular weight excluding hydrogens is 406 g/mol. The molecule has 2 fully saturated rings. The number of hydrogen-bond acceptors (Lipinski definition) is 5. The fourth-order valence-corrected chi connectivity index (χ4v) is 5.15. The van der Waals surface area contributed by atoms with Gasteiger partial charge in [0.25, 0.3) is 0 Å². The van der Waals surface area contributed by atoms with E-state index < -0.39 is 10.0 Å². The van der Waals surface area contributed by atoms with E-state index in [1.807, 2.05) is 4.90 Å². The Hall–Kier alpha value is -0.900. The van der Waals surface area contributed by atoms with Gasteiger partial charge in [-0.25, -0.2) is 17.9 Å². The van der Waals surface area contributed by atoms with Crippen molar-refractivity contribution in [1.29, 1.82) is 0 Å². The minimum absolute atomic E-state index is 0.0358. The van der Waals surface area contributed by atoms with E-state index in [2.05, 4.69) is 23.9 Å². The fourth-order valence-electron chi connectivity index (χ4n) is 4.63. The van der Waals surface area contributed by atoms with E-state index in [1.54, 1.807) is 7.11 Å². The molecule has 0 unspecified atom stereocenters. The summed E-state index contributed by atoms with van der Waals surface area (Å²) in [7, 11) is -1.68. The van der Waals surface area contributed by atoms with E-state index in [1.165, 1.54) is 19.1 Å². The number of carbonyl (C=O) groups excluding carboxylic acids is 1. The normalized spacial score (nSPS) is 28.0. The molecule has 1 saturated heterocycles. The highest BCUT2D eigenvalue weighted by atomic mass is 32.2. The zero-order valence-corrected chi connectivity index (χ0v) is 19.9. The van der Waals surface area contributed by atoms with Crippen LogP contribution in [-0.2, 0) is 19.5 Å². The first-order chi connectivity index (χ1) is 14.2. The molecule has 30 heavy (non-hydrogen) atoms. The second kappa shape index (κ2) is 12.2. The van der Waals surface area contributed by atoms with Gasteiger partial charge in [-0.05, 0) is 56.3 Å². The summed E-state index contributed by atoms with van der Waals surface area (Å²) in [6, 6.07) is -0.272. The van der Waals surface area contributed by atoms with Crippen LogP contribution in [0.5, 0.6) is 0 Å². The van der Waals surface area contributed by atoms with Crippen LogP contribution in [0.1, 0.15) is 52.4 Å². The van der Waals surface area contributed by atoms with Crippen molar-refractivity contribution in [2.45, 2.75) is 64.5 Å². The number of amides is 2. The summed E-state index contributed by atoms with van der Waals surface area (Å²) >= 11 is 0. The summed E-state index contributed by atoms with van der Waals surface area (Å²) in [5.74, 6) is 1.52. The van der Waals surface area contributed by atoms with Crippen LogP contribution in [0.3, 0.4) is 0 Å². The lowest BCUT2D eigenvalue weighted by atomic mass is 9.80. The van der Waals surface area contributed by atoms with E-state index in [0.29, 0.717) is 38.8 Å². The highest BCUT2D eigenvalue weighted by Crippen LogP contribution is 2.32. The average Bonchev–Trinajstić information content (AvgIpc) is 2.70. The summed E-state index contributed by atoms with van der Waals surface area (Å²) in [6.45, 7) is 6.91. The van der Waals surface area contributed by atoms with Gasteiger partial charge in [0.05, 0.1) is 31.6 Å². The van der Waals surface area contributed by atoms with Crippen LogP contribution in [0.2, 0.25) is 0 Å². The van der Waals surface area contributed by atoms with Gasteiger partial charge in [0.15, 0.2) is 0 Å². The van der Waals surface area contributed by atoms with Crippen molar-refractivity contribution < 1.29 is 22.7 Å². The Morgan fingerprint density at radius 3 is 2.47 bits per heavy atom. The zero-order chi connectivity index (χ0) is 22.1. The number of sulfonamides is 1. The van der Waals surface area contributed by atoms with E-state index in [-0.39, 0.29) is 24.1 Å². The Labute approximate surface area is 182 Å². The molecule has 0 bridgehead atoms. The van der Waals surface area contributed by atoms with Crippen molar-refractivity contribution in [3.63, 3.8) is 0 Å². The van der Waals surface area contributed by atoms with Gasteiger partial charge < -0.3 is 19.7 Å². The number of nitrogens with zero attached hydrogens (tertiary/aromatic N) is 1. The Morgan fingerprint density at radius 2 is 1.87 bits per heavy atom. The second-order valence-electron chi connectivity index (χ2n) is 9.12. The highest BCUT2D eigenvalue weighted by Gasteiger charge is 2.36. The lowest BCUT2D eigenvalue weighted by Gasteiger charge is -2.42. The number of likely N-dealkylation sites (tertiary alicyclic amines) is 1. The van der Waals surface area contributed by atoms with Crippen LogP contribution in [0.4, 0.5) is 4.79 Å². The molecule has 0 spiro atoms. The number of piperidine rings is 1. The average molecular weight is 448 g/mol. The number of ether oxygens (including phenoxy) is 2. The van der Waals surface area contributed by atoms with E-state index in [4.69, 9.17) is 9.47 Å². The first kappa shape index (κ1) is 25.4. The molecule has 176 valence electrons. The van der Waals surface area contributed by atoms with Crippen LogP contribution in [-0.4, -0.2) is 77.7 Å². The zero-order valence-electron chi connectivity index (χ0n) is 19.1. The first-order valence-corrected chi connectivity index (χ1v) is 13.2. The molecule has 2 rings (SSSR count). The smallest absolute Gasteiger partial charge is 0.317 e. The van der Waals surface area contributed by atoms with E-state index >= 15 is 0 Å². The summed E-state index contributed by atoms with van der Waals surface area (Å²) < 4.78 is 37.2. The molecule has 9 heteroatoms. The minimum Gasteiger partial charge on any atom is -0.383 e. The SMILES string of the molecule is COCCNC(=O)N1CCC[C@H](CNS(C)(=O)=O)[C@@H]1CO[C@H]1CC[C@@H](C(C)C)CC1. The summed E-state index contributed by atoms with van der Waals surface area (Å²) in [4.78, 5) is 14.6. The van der Waals surface area contributed by atoms with Gasteiger partial charge in [0.2, 0.25) is 10.0 Å². The maximum Gasteiger partial charge on any atom is 0.317 e. The Morgan fingerprint density at radius 1 is 1.17 bits per heavy atom. The molecule has 2 atom stereocenters. The highest BCUT2D eigenvalue weighted by molar-refractivity contribution is 7.88. The monoisotopic (exact) mass is 447 g/mol. The molecule has 1 aliphatic carbocycles. The van der Waals surface area contributed by atoms with Crippen molar-refractivity contribution in [3.8, 4) is 0 Å². The maximum absolute atomic E-state index is 12.8. The number of carbonyl (C=O) groups is 1. The van der Waals surface area contributed by atoms with Crippen LogP contribution in [0.25, 0.3) is 0 Å². The number of hydrogen-bond donors (Lipinski definition) is 2. The van der Waals surface area contributed by atoms with Gasteiger partial charge in [-0.3, -0.25) is 0 Å². The molecule has 0 aromatic heterocycles. The van der Waals surface area contributed by atoms with Crippen molar-refractivity contribution in [1.82, 2.24) is 14.9 Å². The lowest BCUT2D eigenvalue weighted by Crippen LogP contribution is -2.56. The predicted molar refractivity (Wildman–Crippen MR) is 118 cm³/mol. The summed E-state index contributed by atoms with van der Waals surface area (Å²) in [6.07, 6.45) is 7.61. The molecule has 2 amide bonds.